The lowest BCUT2D eigenvalue weighted by Crippen LogP contribution is -2.46. The largest absolute Gasteiger partial charge is 0.394 e. The molecule has 0 amide bonds. The van der Waals surface area contributed by atoms with Crippen molar-refractivity contribution >= 4 is 11.5 Å². The zero-order chi connectivity index (χ0) is 15.3. The summed E-state index contributed by atoms with van der Waals surface area (Å²) in [6.45, 7) is 1.09. The smallest absolute Gasteiger partial charge is 0.330 e. The summed E-state index contributed by atoms with van der Waals surface area (Å²) in [6, 6.07) is 0. The summed E-state index contributed by atoms with van der Waals surface area (Å²) in [7, 11) is 1.47. The van der Waals surface area contributed by atoms with Crippen molar-refractivity contribution in [2.45, 2.75) is 19.0 Å². The minimum Gasteiger partial charge on any atom is -0.394 e. The highest BCUT2D eigenvalue weighted by Crippen LogP contribution is 2.16. The number of aliphatic hydroxyl groups is 2. The number of nitrogen functional groups attached to an aromatic ring is 1. The molecule has 0 saturated carbocycles. The number of anilines is 2. The zero-order valence-corrected chi connectivity index (χ0v) is 11.5. The van der Waals surface area contributed by atoms with Gasteiger partial charge in [-0.15, -0.1) is 0 Å². The van der Waals surface area contributed by atoms with Crippen LogP contribution in [-0.4, -0.2) is 52.2 Å². The van der Waals surface area contributed by atoms with Gasteiger partial charge in [0.25, 0.3) is 5.56 Å². The van der Waals surface area contributed by atoms with Crippen LogP contribution in [0.3, 0.4) is 0 Å². The van der Waals surface area contributed by atoms with Gasteiger partial charge < -0.3 is 26.0 Å². The quantitative estimate of drug-likeness (QED) is 0.387. The maximum atomic E-state index is 11.8. The van der Waals surface area contributed by atoms with Crippen LogP contribution < -0.4 is 22.3 Å². The van der Waals surface area contributed by atoms with E-state index in [4.69, 9.17) is 10.5 Å². The van der Waals surface area contributed by atoms with E-state index in [0.29, 0.717) is 0 Å². The molecule has 0 aliphatic rings. The van der Waals surface area contributed by atoms with Gasteiger partial charge in [-0.25, -0.2) is 4.79 Å². The molecule has 0 radical (unpaired) electrons. The Morgan fingerprint density at radius 3 is 2.50 bits per heavy atom. The average molecular weight is 288 g/mol. The Kier molecular flexibility index (Phi) is 5.31. The number of nitrogens with two attached hydrogens (primary N) is 1. The Balaban J connectivity index is 3.26. The van der Waals surface area contributed by atoms with E-state index >= 15 is 0 Å². The van der Waals surface area contributed by atoms with Crippen molar-refractivity contribution < 1.29 is 14.9 Å². The second-order valence-corrected chi connectivity index (χ2v) is 4.67. The third-order valence-corrected chi connectivity index (χ3v) is 2.88. The van der Waals surface area contributed by atoms with Gasteiger partial charge in [-0.05, 0) is 6.92 Å². The molecule has 0 unspecified atom stereocenters. The van der Waals surface area contributed by atoms with Crippen LogP contribution >= 0.6 is 0 Å². The van der Waals surface area contributed by atoms with Crippen LogP contribution in [0.15, 0.2) is 9.59 Å². The van der Waals surface area contributed by atoms with E-state index in [1.54, 1.807) is 0 Å². The summed E-state index contributed by atoms with van der Waals surface area (Å²) in [5.74, 6) is -0.0797. The lowest BCUT2D eigenvalue weighted by molar-refractivity contribution is 0.147. The van der Waals surface area contributed by atoms with Gasteiger partial charge in [0.05, 0.1) is 31.9 Å². The monoisotopic (exact) mass is 288 g/mol. The summed E-state index contributed by atoms with van der Waals surface area (Å²) in [5.41, 5.74) is 3.23. The van der Waals surface area contributed by atoms with E-state index in [1.807, 2.05) is 0 Å². The first-order valence-electron chi connectivity index (χ1n) is 6.00. The number of H-pyrrole nitrogens is 1. The van der Waals surface area contributed by atoms with Crippen LogP contribution in [-0.2, 0) is 11.3 Å². The molecule has 0 aliphatic heterocycles. The van der Waals surface area contributed by atoms with Gasteiger partial charge in [0.1, 0.15) is 11.5 Å². The van der Waals surface area contributed by atoms with Gasteiger partial charge >= 0.3 is 5.69 Å². The van der Waals surface area contributed by atoms with Crippen LogP contribution in [0.2, 0.25) is 0 Å². The number of aromatic amines is 1. The number of nitrogens with one attached hydrogen (secondary N) is 2. The minimum absolute atomic E-state index is 0.0775. The molecule has 0 spiro atoms. The van der Waals surface area contributed by atoms with Crippen molar-refractivity contribution in [2.75, 3.05) is 38.0 Å². The molecule has 1 aromatic rings. The molecule has 1 rings (SSSR count). The summed E-state index contributed by atoms with van der Waals surface area (Å²) in [6.07, 6.45) is 0. The van der Waals surface area contributed by atoms with E-state index in [-0.39, 0.29) is 24.7 Å². The number of aliphatic hydroxyl groups excluding tert-OH is 2. The number of aromatic nitrogens is 2. The van der Waals surface area contributed by atoms with Crippen molar-refractivity contribution in [3.8, 4) is 0 Å². The fourth-order valence-corrected chi connectivity index (χ4v) is 1.54. The number of ether oxygens (including phenoxy) is 1. The van der Waals surface area contributed by atoms with Gasteiger partial charge in [-0.3, -0.25) is 14.3 Å². The molecular formula is C11H20N4O5. The molecule has 114 valence electrons. The molecule has 0 aliphatic carbocycles. The molecule has 9 nitrogen and oxygen atoms in total. The molecule has 1 aromatic heterocycles. The molecule has 0 fully saturated rings. The number of nitrogens with zero attached hydrogens (tertiary/aromatic N) is 1. The molecule has 1 heterocycles. The number of rotatable bonds is 7. The first-order valence-corrected chi connectivity index (χ1v) is 6.00. The maximum Gasteiger partial charge on any atom is 0.330 e. The van der Waals surface area contributed by atoms with E-state index in [1.165, 1.54) is 14.0 Å². The SMILES string of the molecule is COCCn1c(N)c(NC(C)(CO)CO)c(=O)[nH]c1=O. The Hall–Kier alpha value is -1.84. The fraction of sp³-hybridized carbons (Fsp3) is 0.636. The van der Waals surface area contributed by atoms with Crippen LogP contribution in [0.1, 0.15) is 6.92 Å². The second-order valence-electron chi connectivity index (χ2n) is 4.67. The van der Waals surface area contributed by atoms with E-state index in [9.17, 15) is 19.8 Å². The zero-order valence-electron chi connectivity index (χ0n) is 11.5. The third-order valence-electron chi connectivity index (χ3n) is 2.88. The van der Waals surface area contributed by atoms with Crippen molar-refractivity contribution in [3.63, 3.8) is 0 Å². The summed E-state index contributed by atoms with van der Waals surface area (Å²) < 4.78 is 6.00. The van der Waals surface area contributed by atoms with Gasteiger partial charge in [0.2, 0.25) is 0 Å². The molecule has 0 saturated heterocycles. The van der Waals surface area contributed by atoms with E-state index in [2.05, 4.69) is 10.3 Å². The fourth-order valence-electron chi connectivity index (χ4n) is 1.54. The second kappa shape index (κ2) is 6.55. The Morgan fingerprint density at radius 2 is 2.00 bits per heavy atom. The van der Waals surface area contributed by atoms with Gasteiger partial charge in [-0.1, -0.05) is 0 Å². The number of hydrogen-bond acceptors (Lipinski definition) is 7. The van der Waals surface area contributed by atoms with Gasteiger partial charge in [0, 0.05) is 7.11 Å². The van der Waals surface area contributed by atoms with Crippen molar-refractivity contribution in [2.24, 2.45) is 0 Å². The highest BCUT2D eigenvalue weighted by Gasteiger charge is 2.25. The molecule has 20 heavy (non-hydrogen) atoms. The van der Waals surface area contributed by atoms with Crippen LogP contribution in [0.25, 0.3) is 0 Å². The number of hydrogen-bond donors (Lipinski definition) is 5. The first kappa shape index (κ1) is 16.2. The molecule has 0 atom stereocenters. The van der Waals surface area contributed by atoms with Crippen LogP contribution in [0.4, 0.5) is 11.5 Å². The third kappa shape index (κ3) is 3.38. The van der Waals surface area contributed by atoms with Crippen LogP contribution in [0.5, 0.6) is 0 Å². The topological polar surface area (TPSA) is 143 Å². The summed E-state index contributed by atoms with van der Waals surface area (Å²) in [5, 5.41) is 21.1. The maximum absolute atomic E-state index is 11.8. The minimum atomic E-state index is -1.13. The van der Waals surface area contributed by atoms with Gasteiger partial charge in [0.15, 0.2) is 0 Å². The lowest BCUT2D eigenvalue weighted by Gasteiger charge is -2.28. The van der Waals surface area contributed by atoms with E-state index < -0.39 is 30.0 Å². The normalized spacial score (nSPS) is 11.6. The van der Waals surface area contributed by atoms with E-state index in [0.717, 1.165) is 4.57 Å². The average Bonchev–Trinajstić information content (AvgIpc) is 2.43. The molecule has 9 heteroatoms. The Labute approximate surface area is 115 Å². The predicted octanol–water partition coefficient (Wildman–Crippen LogP) is -2.08. The Bertz CT molecular complexity index is 561. The van der Waals surface area contributed by atoms with Crippen molar-refractivity contribution in [1.82, 2.24) is 9.55 Å². The Morgan fingerprint density at radius 1 is 1.40 bits per heavy atom. The lowest BCUT2D eigenvalue weighted by atomic mass is 10.1. The van der Waals surface area contributed by atoms with Crippen molar-refractivity contribution in [1.29, 1.82) is 0 Å². The van der Waals surface area contributed by atoms with Crippen LogP contribution in [0, 0.1) is 0 Å². The molecular weight excluding hydrogens is 268 g/mol. The van der Waals surface area contributed by atoms with Gasteiger partial charge in [-0.2, -0.15) is 0 Å². The highest BCUT2D eigenvalue weighted by molar-refractivity contribution is 5.61. The highest BCUT2D eigenvalue weighted by atomic mass is 16.5. The molecule has 6 N–H and O–H groups in total. The predicted molar refractivity (Wildman–Crippen MR) is 73.8 cm³/mol. The number of methoxy groups -OCH3 is 1. The standard InChI is InChI=1S/C11H20N4O5/c1-11(5-16,6-17)14-7-8(12)15(3-4-20-2)10(19)13-9(7)18/h14,16-17H,3-6,12H2,1-2H3,(H,13,18,19). The summed E-state index contributed by atoms with van der Waals surface area (Å²) >= 11 is 0. The summed E-state index contributed by atoms with van der Waals surface area (Å²) in [4.78, 5) is 25.6. The molecule has 0 bridgehead atoms. The van der Waals surface area contributed by atoms with Crippen molar-refractivity contribution in [3.05, 3.63) is 20.8 Å². The first-order chi connectivity index (χ1) is 9.38. The molecule has 0 aromatic carbocycles.